The first kappa shape index (κ1) is 21.8. The molecule has 0 bridgehead atoms. The number of ether oxygens (including phenoxy) is 1. The lowest BCUT2D eigenvalue weighted by molar-refractivity contribution is 0.0968. The summed E-state index contributed by atoms with van der Waals surface area (Å²) in [5.74, 6) is 0.699. The number of benzene rings is 1. The number of thiophene rings is 1. The van der Waals surface area contributed by atoms with E-state index in [0.29, 0.717) is 23.9 Å². The molecular weight excluding hydrogens is 416 g/mol. The summed E-state index contributed by atoms with van der Waals surface area (Å²) in [6.07, 6.45) is 3.13. The number of likely N-dealkylation sites (tertiary alicyclic amines) is 1. The molecule has 3 heterocycles. The molecule has 2 aliphatic rings. The Labute approximate surface area is 184 Å². The first-order valence-corrected chi connectivity index (χ1v) is 13.1. The molecule has 1 aromatic heterocycles. The van der Waals surface area contributed by atoms with E-state index in [1.807, 2.05) is 19.1 Å². The van der Waals surface area contributed by atoms with Crippen LogP contribution in [0.4, 0.5) is 0 Å². The van der Waals surface area contributed by atoms with Gasteiger partial charge in [-0.2, -0.15) is 4.31 Å². The SMILES string of the molecule is Cc1ccccc1S(=O)(=O)N1CCc2sc(OC3CCN(CC(C)C)CC3)cc2C1. The van der Waals surface area contributed by atoms with Gasteiger partial charge in [-0.25, -0.2) is 8.42 Å². The van der Waals surface area contributed by atoms with Crippen molar-refractivity contribution >= 4 is 21.4 Å². The van der Waals surface area contributed by atoms with Gasteiger partial charge in [-0.05, 0) is 55.4 Å². The van der Waals surface area contributed by atoms with Gasteiger partial charge in [0.2, 0.25) is 10.0 Å². The Morgan fingerprint density at radius 3 is 2.60 bits per heavy atom. The quantitative estimate of drug-likeness (QED) is 0.661. The predicted octanol–water partition coefficient (Wildman–Crippen LogP) is 4.30. The highest BCUT2D eigenvalue weighted by molar-refractivity contribution is 7.89. The van der Waals surface area contributed by atoms with Crippen molar-refractivity contribution in [1.82, 2.24) is 9.21 Å². The molecule has 1 saturated heterocycles. The van der Waals surface area contributed by atoms with Crippen LogP contribution in [0.3, 0.4) is 0 Å². The van der Waals surface area contributed by atoms with E-state index in [9.17, 15) is 8.42 Å². The summed E-state index contributed by atoms with van der Waals surface area (Å²) in [5.41, 5.74) is 1.89. The fourth-order valence-electron chi connectivity index (χ4n) is 4.42. The Morgan fingerprint density at radius 2 is 1.90 bits per heavy atom. The third kappa shape index (κ3) is 4.74. The van der Waals surface area contributed by atoms with Gasteiger partial charge in [0.15, 0.2) is 5.06 Å². The molecular formula is C23H32N2O3S2. The van der Waals surface area contributed by atoms with Gasteiger partial charge in [0.05, 0.1) is 4.90 Å². The lowest BCUT2D eigenvalue weighted by Gasteiger charge is -2.32. The highest BCUT2D eigenvalue weighted by Gasteiger charge is 2.31. The van der Waals surface area contributed by atoms with Crippen LogP contribution in [0.15, 0.2) is 35.2 Å². The molecule has 0 aliphatic carbocycles. The molecule has 0 radical (unpaired) electrons. The van der Waals surface area contributed by atoms with Crippen LogP contribution in [0.1, 0.15) is 42.7 Å². The molecule has 30 heavy (non-hydrogen) atoms. The number of hydrogen-bond donors (Lipinski definition) is 0. The molecule has 164 valence electrons. The lowest BCUT2D eigenvalue weighted by Crippen LogP contribution is -2.39. The molecule has 0 spiro atoms. The Kier molecular flexibility index (Phi) is 6.53. The summed E-state index contributed by atoms with van der Waals surface area (Å²) in [4.78, 5) is 4.20. The second-order valence-electron chi connectivity index (χ2n) is 8.88. The minimum absolute atomic E-state index is 0.264. The zero-order valence-electron chi connectivity index (χ0n) is 18.1. The maximum atomic E-state index is 13.1. The van der Waals surface area contributed by atoms with E-state index in [2.05, 4.69) is 24.8 Å². The minimum Gasteiger partial charge on any atom is -0.481 e. The first-order valence-electron chi connectivity index (χ1n) is 10.9. The average Bonchev–Trinajstić information content (AvgIpc) is 3.10. The van der Waals surface area contributed by atoms with Crippen molar-refractivity contribution in [2.75, 3.05) is 26.2 Å². The second kappa shape index (κ2) is 8.99. The number of piperidine rings is 1. The molecule has 0 unspecified atom stereocenters. The van der Waals surface area contributed by atoms with Crippen LogP contribution in [0.2, 0.25) is 0 Å². The van der Waals surface area contributed by atoms with Crippen molar-refractivity contribution in [2.24, 2.45) is 5.92 Å². The molecule has 7 heteroatoms. The molecule has 1 aromatic carbocycles. The van der Waals surface area contributed by atoms with E-state index in [1.165, 1.54) is 4.88 Å². The highest BCUT2D eigenvalue weighted by Crippen LogP contribution is 2.36. The number of sulfonamides is 1. The Morgan fingerprint density at radius 1 is 1.17 bits per heavy atom. The summed E-state index contributed by atoms with van der Waals surface area (Å²) < 4.78 is 34.2. The van der Waals surface area contributed by atoms with Crippen LogP contribution in [0, 0.1) is 12.8 Å². The monoisotopic (exact) mass is 448 g/mol. The fourth-order valence-corrected chi connectivity index (χ4v) is 7.14. The van der Waals surface area contributed by atoms with Crippen LogP contribution in [0.25, 0.3) is 0 Å². The first-order chi connectivity index (χ1) is 14.3. The van der Waals surface area contributed by atoms with Crippen molar-refractivity contribution in [3.63, 3.8) is 0 Å². The minimum atomic E-state index is -3.48. The molecule has 0 amide bonds. The van der Waals surface area contributed by atoms with Gasteiger partial charge >= 0.3 is 0 Å². The topological polar surface area (TPSA) is 49.9 Å². The van der Waals surface area contributed by atoms with Crippen LogP contribution in [-0.2, 0) is 23.0 Å². The highest BCUT2D eigenvalue weighted by atomic mass is 32.2. The smallest absolute Gasteiger partial charge is 0.243 e. The van der Waals surface area contributed by atoms with Gasteiger partial charge in [-0.15, -0.1) is 11.3 Å². The van der Waals surface area contributed by atoms with Crippen molar-refractivity contribution < 1.29 is 13.2 Å². The van der Waals surface area contributed by atoms with Crippen LogP contribution in [0.5, 0.6) is 5.06 Å². The fraction of sp³-hybridized carbons (Fsp3) is 0.565. The maximum Gasteiger partial charge on any atom is 0.243 e. The molecule has 0 N–H and O–H groups in total. The van der Waals surface area contributed by atoms with E-state index in [0.717, 1.165) is 55.1 Å². The Balaban J connectivity index is 1.40. The van der Waals surface area contributed by atoms with Crippen molar-refractivity contribution in [1.29, 1.82) is 0 Å². The zero-order valence-corrected chi connectivity index (χ0v) is 19.8. The van der Waals surface area contributed by atoms with E-state index in [1.54, 1.807) is 27.8 Å². The van der Waals surface area contributed by atoms with Crippen molar-refractivity contribution in [3.8, 4) is 5.06 Å². The van der Waals surface area contributed by atoms with Gasteiger partial charge in [0.25, 0.3) is 0 Å². The van der Waals surface area contributed by atoms with E-state index in [4.69, 9.17) is 4.74 Å². The van der Waals surface area contributed by atoms with E-state index >= 15 is 0 Å². The molecule has 5 nitrogen and oxygen atoms in total. The number of fused-ring (bicyclic) bond motifs is 1. The molecule has 0 atom stereocenters. The van der Waals surface area contributed by atoms with Crippen molar-refractivity contribution in [3.05, 3.63) is 46.3 Å². The second-order valence-corrected chi connectivity index (χ2v) is 11.9. The Hall–Kier alpha value is -1.41. The number of aryl methyl sites for hydroxylation is 1. The van der Waals surface area contributed by atoms with Gasteiger partial charge in [-0.1, -0.05) is 32.0 Å². The summed E-state index contributed by atoms with van der Waals surface area (Å²) in [6, 6.07) is 9.29. The van der Waals surface area contributed by atoms with Gasteiger partial charge in [0, 0.05) is 37.6 Å². The number of hydrogen-bond acceptors (Lipinski definition) is 5. The summed E-state index contributed by atoms with van der Waals surface area (Å²) in [6.45, 7) is 10.7. The van der Waals surface area contributed by atoms with Crippen LogP contribution >= 0.6 is 11.3 Å². The third-order valence-electron chi connectivity index (χ3n) is 5.96. The molecule has 1 fully saturated rings. The predicted molar refractivity (Wildman–Crippen MR) is 122 cm³/mol. The molecule has 0 saturated carbocycles. The number of nitrogens with zero attached hydrogens (tertiary/aromatic N) is 2. The summed E-state index contributed by atoms with van der Waals surface area (Å²) >= 11 is 1.69. The number of rotatable bonds is 6. The third-order valence-corrected chi connectivity index (χ3v) is 9.09. The van der Waals surface area contributed by atoms with E-state index in [-0.39, 0.29) is 6.10 Å². The van der Waals surface area contributed by atoms with Crippen molar-refractivity contribution in [2.45, 2.75) is 57.6 Å². The zero-order chi connectivity index (χ0) is 21.3. The van der Waals surface area contributed by atoms with E-state index < -0.39 is 10.0 Å². The van der Waals surface area contributed by atoms with Crippen LogP contribution in [-0.4, -0.2) is 49.9 Å². The van der Waals surface area contributed by atoms with Crippen LogP contribution < -0.4 is 4.74 Å². The average molecular weight is 449 g/mol. The Bertz CT molecular complexity index is 976. The largest absolute Gasteiger partial charge is 0.481 e. The van der Waals surface area contributed by atoms with Gasteiger partial charge in [-0.3, -0.25) is 0 Å². The molecule has 4 rings (SSSR count). The molecule has 2 aliphatic heterocycles. The standard InChI is InChI=1S/C23H32N2O3S2/c1-17(2)15-24-11-8-20(9-12-24)28-23-14-19-16-25(13-10-21(19)29-23)30(26,27)22-7-5-4-6-18(22)3/h4-7,14,17,20H,8-13,15-16H2,1-3H3. The summed E-state index contributed by atoms with van der Waals surface area (Å²) in [5, 5.41) is 0.942. The summed E-state index contributed by atoms with van der Waals surface area (Å²) in [7, 11) is -3.48. The lowest BCUT2D eigenvalue weighted by atomic mass is 10.1. The van der Waals surface area contributed by atoms with Gasteiger partial charge < -0.3 is 9.64 Å². The van der Waals surface area contributed by atoms with Gasteiger partial charge in [0.1, 0.15) is 6.10 Å². The normalized spacial score (nSPS) is 19.2. The maximum absolute atomic E-state index is 13.1. The molecule has 2 aromatic rings.